The van der Waals surface area contributed by atoms with E-state index in [0.717, 1.165) is 23.2 Å². The minimum atomic E-state index is 0.317. The Balaban J connectivity index is 1.93. The number of nitrogens with two attached hydrogens (primary N) is 1. The minimum Gasteiger partial charge on any atom is -0.327 e. The summed E-state index contributed by atoms with van der Waals surface area (Å²) < 4.78 is 4.12. The third-order valence-corrected chi connectivity index (χ3v) is 3.03. The van der Waals surface area contributed by atoms with Crippen LogP contribution < -0.4 is 5.73 Å². The van der Waals surface area contributed by atoms with Gasteiger partial charge in [-0.2, -0.15) is 4.37 Å². The summed E-state index contributed by atoms with van der Waals surface area (Å²) in [7, 11) is 0. The van der Waals surface area contributed by atoms with Crippen LogP contribution in [0.1, 0.15) is 23.7 Å². The second kappa shape index (κ2) is 3.11. The highest BCUT2D eigenvalue weighted by atomic mass is 32.1. The second-order valence-corrected chi connectivity index (χ2v) is 4.28. The van der Waals surface area contributed by atoms with Gasteiger partial charge in [0.05, 0.1) is 0 Å². The van der Waals surface area contributed by atoms with Gasteiger partial charge in [0.25, 0.3) is 0 Å². The lowest BCUT2D eigenvalue weighted by Gasteiger charge is -2.05. The van der Waals surface area contributed by atoms with Crippen molar-refractivity contribution in [3.05, 3.63) is 10.8 Å². The van der Waals surface area contributed by atoms with Gasteiger partial charge in [-0.3, -0.25) is 0 Å². The average molecular weight is 183 g/mol. The molecule has 12 heavy (non-hydrogen) atoms. The van der Waals surface area contributed by atoms with Gasteiger partial charge in [0.1, 0.15) is 10.8 Å². The first-order chi connectivity index (χ1) is 5.75. The van der Waals surface area contributed by atoms with E-state index in [9.17, 15) is 0 Å². The van der Waals surface area contributed by atoms with Crippen LogP contribution >= 0.6 is 11.5 Å². The SMILES string of the molecule is Cc1nsc(CC(N)C2CC2)n1. The maximum absolute atomic E-state index is 5.96. The molecule has 0 spiro atoms. The van der Waals surface area contributed by atoms with Gasteiger partial charge in [0.15, 0.2) is 0 Å². The fourth-order valence-electron chi connectivity index (χ4n) is 1.32. The molecule has 1 aliphatic rings. The van der Waals surface area contributed by atoms with Gasteiger partial charge in [-0.1, -0.05) is 0 Å². The van der Waals surface area contributed by atoms with Crippen molar-refractivity contribution in [2.45, 2.75) is 32.2 Å². The lowest BCUT2D eigenvalue weighted by Crippen LogP contribution is -2.24. The number of aromatic nitrogens is 2. The fourth-order valence-corrected chi connectivity index (χ4v) is 2.03. The van der Waals surface area contributed by atoms with Crippen LogP contribution in [-0.4, -0.2) is 15.4 Å². The number of nitrogens with zero attached hydrogens (tertiary/aromatic N) is 2. The maximum atomic E-state index is 5.96. The molecule has 0 aliphatic heterocycles. The molecule has 1 unspecified atom stereocenters. The highest BCUT2D eigenvalue weighted by Gasteiger charge is 2.28. The Morgan fingerprint density at radius 3 is 2.92 bits per heavy atom. The van der Waals surface area contributed by atoms with E-state index in [1.54, 1.807) is 0 Å². The van der Waals surface area contributed by atoms with Crippen molar-refractivity contribution in [1.82, 2.24) is 9.36 Å². The number of rotatable bonds is 3. The first kappa shape index (κ1) is 8.13. The predicted octanol–water partition coefficient (Wildman–Crippen LogP) is 1.13. The van der Waals surface area contributed by atoms with Crippen molar-refractivity contribution in [2.24, 2.45) is 11.7 Å². The van der Waals surface area contributed by atoms with E-state index in [2.05, 4.69) is 9.36 Å². The smallest absolute Gasteiger partial charge is 0.139 e. The molecule has 2 N–H and O–H groups in total. The summed E-state index contributed by atoms with van der Waals surface area (Å²) in [5.41, 5.74) is 5.96. The lowest BCUT2D eigenvalue weighted by molar-refractivity contribution is 0.589. The van der Waals surface area contributed by atoms with Gasteiger partial charge >= 0.3 is 0 Å². The molecule has 1 saturated carbocycles. The number of hydrogen-bond acceptors (Lipinski definition) is 4. The van der Waals surface area contributed by atoms with Gasteiger partial charge in [0, 0.05) is 12.5 Å². The Morgan fingerprint density at radius 1 is 1.67 bits per heavy atom. The van der Waals surface area contributed by atoms with E-state index >= 15 is 0 Å². The van der Waals surface area contributed by atoms with E-state index in [1.807, 2.05) is 6.92 Å². The van der Waals surface area contributed by atoms with Crippen LogP contribution in [0.5, 0.6) is 0 Å². The third kappa shape index (κ3) is 1.81. The second-order valence-electron chi connectivity index (χ2n) is 3.44. The largest absolute Gasteiger partial charge is 0.327 e. The summed E-state index contributed by atoms with van der Waals surface area (Å²) in [5, 5.41) is 1.09. The van der Waals surface area contributed by atoms with Gasteiger partial charge in [-0.05, 0) is 37.2 Å². The van der Waals surface area contributed by atoms with Crippen LogP contribution in [-0.2, 0) is 6.42 Å². The molecular formula is C8H13N3S. The monoisotopic (exact) mass is 183 g/mol. The Hall–Kier alpha value is -0.480. The van der Waals surface area contributed by atoms with Crippen molar-refractivity contribution < 1.29 is 0 Å². The molecule has 0 amide bonds. The predicted molar refractivity (Wildman–Crippen MR) is 49.0 cm³/mol. The third-order valence-electron chi connectivity index (χ3n) is 2.21. The number of aryl methyl sites for hydroxylation is 1. The molecule has 1 aliphatic carbocycles. The summed E-state index contributed by atoms with van der Waals surface area (Å²) in [5.74, 6) is 1.63. The molecule has 3 nitrogen and oxygen atoms in total. The van der Waals surface area contributed by atoms with Crippen LogP contribution in [0.4, 0.5) is 0 Å². The molecule has 1 aromatic heterocycles. The molecular weight excluding hydrogens is 170 g/mol. The number of hydrogen-bond donors (Lipinski definition) is 1. The van der Waals surface area contributed by atoms with Crippen molar-refractivity contribution >= 4 is 11.5 Å². The van der Waals surface area contributed by atoms with Crippen molar-refractivity contribution in [3.8, 4) is 0 Å². The zero-order valence-electron chi connectivity index (χ0n) is 7.16. The molecule has 0 saturated heterocycles. The van der Waals surface area contributed by atoms with Gasteiger partial charge < -0.3 is 5.73 Å². The van der Waals surface area contributed by atoms with Gasteiger partial charge in [-0.15, -0.1) is 0 Å². The molecule has 0 radical (unpaired) electrons. The van der Waals surface area contributed by atoms with Crippen LogP contribution in [0.2, 0.25) is 0 Å². The highest BCUT2D eigenvalue weighted by molar-refractivity contribution is 7.05. The van der Waals surface area contributed by atoms with Crippen molar-refractivity contribution in [3.63, 3.8) is 0 Å². The van der Waals surface area contributed by atoms with Gasteiger partial charge in [0.2, 0.25) is 0 Å². The van der Waals surface area contributed by atoms with Crippen molar-refractivity contribution in [1.29, 1.82) is 0 Å². The van der Waals surface area contributed by atoms with Crippen LogP contribution in [0.3, 0.4) is 0 Å². The molecule has 1 atom stereocenters. The Bertz CT molecular complexity index is 267. The summed E-state index contributed by atoms with van der Waals surface area (Å²) in [6, 6.07) is 0.317. The van der Waals surface area contributed by atoms with Gasteiger partial charge in [-0.25, -0.2) is 4.98 Å². The Labute approximate surface area is 76.2 Å². The zero-order chi connectivity index (χ0) is 8.55. The molecule has 0 bridgehead atoms. The summed E-state index contributed by atoms with van der Waals surface area (Å²) in [6.45, 7) is 1.92. The Kier molecular flexibility index (Phi) is 2.11. The molecule has 4 heteroatoms. The molecule has 1 heterocycles. The van der Waals surface area contributed by atoms with E-state index in [1.165, 1.54) is 24.4 Å². The summed E-state index contributed by atoms with van der Waals surface area (Å²) in [4.78, 5) is 4.29. The zero-order valence-corrected chi connectivity index (χ0v) is 7.97. The minimum absolute atomic E-state index is 0.317. The first-order valence-corrected chi connectivity index (χ1v) is 5.08. The van der Waals surface area contributed by atoms with Crippen LogP contribution in [0, 0.1) is 12.8 Å². The van der Waals surface area contributed by atoms with Crippen LogP contribution in [0.25, 0.3) is 0 Å². The average Bonchev–Trinajstić information content (AvgIpc) is 2.78. The molecule has 0 aromatic carbocycles. The summed E-state index contributed by atoms with van der Waals surface area (Å²) >= 11 is 1.48. The maximum Gasteiger partial charge on any atom is 0.139 e. The van der Waals surface area contributed by atoms with E-state index in [0.29, 0.717) is 6.04 Å². The molecule has 66 valence electrons. The van der Waals surface area contributed by atoms with Crippen molar-refractivity contribution in [2.75, 3.05) is 0 Å². The first-order valence-electron chi connectivity index (χ1n) is 4.30. The molecule has 1 aromatic rings. The van der Waals surface area contributed by atoms with E-state index < -0.39 is 0 Å². The fraction of sp³-hybridized carbons (Fsp3) is 0.750. The standard InChI is InChI=1S/C8H13N3S/c1-5-10-8(12-11-5)4-7(9)6-2-3-6/h6-7H,2-4,9H2,1H3. The molecule has 1 fully saturated rings. The highest BCUT2D eigenvalue weighted by Crippen LogP contribution is 2.32. The topological polar surface area (TPSA) is 51.8 Å². The normalized spacial score (nSPS) is 19.5. The summed E-state index contributed by atoms with van der Waals surface area (Å²) in [6.07, 6.45) is 3.52. The van der Waals surface area contributed by atoms with E-state index in [-0.39, 0.29) is 0 Å². The van der Waals surface area contributed by atoms with E-state index in [4.69, 9.17) is 5.73 Å². The molecule has 2 rings (SSSR count). The lowest BCUT2D eigenvalue weighted by atomic mass is 10.1. The van der Waals surface area contributed by atoms with Crippen LogP contribution in [0.15, 0.2) is 0 Å². The Morgan fingerprint density at radius 2 is 2.42 bits per heavy atom. The quantitative estimate of drug-likeness (QED) is 0.764.